The molecule has 3 nitrogen and oxygen atoms in total. The van der Waals surface area contributed by atoms with Crippen LogP contribution in [0.2, 0.25) is 0 Å². The predicted molar refractivity (Wildman–Crippen MR) is 65.9 cm³/mol. The minimum Gasteiger partial charge on any atom is -0.494 e. The second-order valence-electron chi connectivity index (χ2n) is 5.49. The number of hydrogen-bond donors (Lipinski definition) is 1. The van der Waals surface area contributed by atoms with Crippen LogP contribution in [0.3, 0.4) is 0 Å². The van der Waals surface area contributed by atoms with Crippen LogP contribution in [-0.4, -0.2) is 35.8 Å². The zero-order valence-corrected chi connectivity index (χ0v) is 10.5. The van der Waals surface area contributed by atoms with E-state index in [9.17, 15) is 9.50 Å². The Kier molecular flexibility index (Phi) is 2.79. The minimum atomic E-state index is -0.467. The SMILES string of the molecule is COc1ccc(CN2CC(O)(C3CC3)C2)cc1F. The van der Waals surface area contributed by atoms with Gasteiger partial charge in [0.2, 0.25) is 0 Å². The Bertz CT molecular complexity index is 453. The van der Waals surface area contributed by atoms with E-state index in [0.29, 0.717) is 25.6 Å². The summed E-state index contributed by atoms with van der Waals surface area (Å²) in [6.45, 7) is 2.12. The van der Waals surface area contributed by atoms with Gasteiger partial charge in [-0.2, -0.15) is 0 Å². The molecule has 1 N–H and O–H groups in total. The third-order valence-electron chi connectivity index (χ3n) is 3.95. The van der Waals surface area contributed by atoms with E-state index in [-0.39, 0.29) is 11.6 Å². The molecule has 0 atom stereocenters. The number of β-amino-alcohol motifs (C(OH)–C–C–N with tert-alkyl or cyclic N) is 1. The lowest BCUT2D eigenvalue weighted by atomic mass is 9.88. The molecule has 0 amide bonds. The molecule has 0 aromatic heterocycles. The Labute approximate surface area is 106 Å². The van der Waals surface area contributed by atoms with Gasteiger partial charge in [-0.1, -0.05) is 6.07 Å². The second-order valence-corrected chi connectivity index (χ2v) is 5.49. The van der Waals surface area contributed by atoms with E-state index in [4.69, 9.17) is 4.74 Å². The van der Waals surface area contributed by atoms with E-state index in [0.717, 1.165) is 18.4 Å². The van der Waals surface area contributed by atoms with Gasteiger partial charge in [-0.15, -0.1) is 0 Å². The molecule has 0 radical (unpaired) electrons. The molecule has 1 saturated carbocycles. The van der Waals surface area contributed by atoms with Crippen LogP contribution in [0.25, 0.3) is 0 Å². The number of likely N-dealkylation sites (tertiary alicyclic amines) is 1. The standard InChI is InChI=1S/C14H18FNO2/c1-18-13-5-2-10(6-12(13)15)7-16-8-14(17,9-16)11-3-4-11/h2,5-6,11,17H,3-4,7-9H2,1H3. The first kappa shape index (κ1) is 11.9. The van der Waals surface area contributed by atoms with E-state index >= 15 is 0 Å². The quantitative estimate of drug-likeness (QED) is 0.885. The Morgan fingerprint density at radius 2 is 2.17 bits per heavy atom. The maximum Gasteiger partial charge on any atom is 0.165 e. The number of halogens is 1. The molecule has 1 aromatic rings. The Hall–Kier alpha value is -1.13. The number of methoxy groups -OCH3 is 1. The number of nitrogens with zero attached hydrogens (tertiary/aromatic N) is 1. The molecule has 0 unspecified atom stereocenters. The normalized spacial score (nSPS) is 22.6. The van der Waals surface area contributed by atoms with Crippen LogP contribution in [0.5, 0.6) is 5.75 Å². The maximum absolute atomic E-state index is 13.5. The topological polar surface area (TPSA) is 32.7 Å². The smallest absolute Gasteiger partial charge is 0.165 e. The zero-order chi connectivity index (χ0) is 12.8. The lowest BCUT2D eigenvalue weighted by Gasteiger charge is -2.47. The first-order valence-electron chi connectivity index (χ1n) is 6.38. The van der Waals surface area contributed by atoms with Crippen molar-refractivity contribution in [1.29, 1.82) is 0 Å². The Morgan fingerprint density at radius 3 is 2.72 bits per heavy atom. The van der Waals surface area contributed by atoms with Crippen LogP contribution in [0.4, 0.5) is 4.39 Å². The summed E-state index contributed by atoms with van der Waals surface area (Å²) in [5.41, 5.74) is 0.455. The molecule has 2 fully saturated rings. The van der Waals surface area contributed by atoms with Crippen molar-refractivity contribution in [3.63, 3.8) is 0 Å². The number of hydrogen-bond acceptors (Lipinski definition) is 3. The van der Waals surface area contributed by atoms with Gasteiger partial charge in [0.15, 0.2) is 11.6 Å². The molecule has 1 aliphatic carbocycles. The predicted octanol–water partition coefficient (Wildman–Crippen LogP) is 1.79. The largest absolute Gasteiger partial charge is 0.494 e. The van der Waals surface area contributed by atoms with Gasteiger partial charge in [-0.25, -0.2) is 4.39 Å². The van der Waals surface area contributed by atoms with Gasteiger partial charge in [0, 0.05) is 19.6 Å². The summed E-state index contributed by atoms with van der Waals surface area (Å²) >= 11 is 0. The van der Waals surface area contributed by atoms with Crippen LogP contribution >= 0.6 is 0 Å². The first-order chi connectivity index (χ1) is 8.60. The molecular weight excluding hydrogens is 233 g/mol. The van der Waals surface area contributed by atoms with E-state index in [1.165, 1.54) is 13.2 Å². The summed E-state index contributed by atoms with van der Waals surface area (Å²) in [6, 6.07) is 5.03. The van der Waals surface area contributed by atoms with Crippen molar-refractivity contribution < 1.29 is 14.2 Å². The summed E-state index contributed by atoms with van der Waals surface area (Å²) < 4.78 is 18.4. The molecule has 1 aliphatic heterocycles. The number of benzene rings is 1. The molecule has 98 valence electrons. The molecule has 3 rings (SSSR count). The van der Waals surface area contributed by atoms with Crippen LogP contribution in [0.1, 0.15) is 18.4 Å². The third-order valence-corrected chi connectivity index (χ3v) is 3.95. The van der Waals surface area contributed by atoms with E-state index < -0.39 is 5.60 Å². The fraction of sp³-hybridized carbons (Fsp3) is 0.571. The maximum atomic E-state index is 13.5. The zero-order valence-electron chi connectivity index (χ0n) is 10.5. The molecule has 4 heteroatoms. The summed E-state index contributed by atoms with van der Waals surface area (Å²) in [4.78, 5) is 2.15. The van der Waals surface area contributed by atoms with Crippen molar-refractivity contribution in [3.8, 4) is 5.75 Å². The molecule has 1 aromatic carbocycles. The van der Waals surface area contributed by atoms with Gasteiger partial charge in [-0.3, -0.25) is 4.90 Å². The van der Waals surface area contributed by atoms with E-state index in [1.807, 2.05) is 6.07 Å². The average Bonchev–Trinajstić information content (AvgIpc) is 3.11. The van der Waals surface area contributed by atoms with Crippen LogP contribution in [-0.2, 0) is 6.54 Å². The lowest BCUT2D eigenvalue weighted by Crippen LogP contribution is -2.62. The van der Waals surface area contributed by atoms with Crippen molar-refractivity contribution in [2.24, 2.45) is 5.92 Å². The fourth-order valence-corrected chi connectivity index (χ4v) is 2.79. The van der Waals surface area contributed by atoms with Crippen LogP contribution < -0.4 is 4.74 Å². The molecule has 2 aliphatic rings. The van der Waals surface area contributed by atoms with Gasteiger partial charge in [-0.05, 0) is 36.5 Å². The lowest BCUT2D eigenvalue weighted by molar-refractivity contribution is -0.116. The highest BCUT2D eigenvalue weighted by Crippen LogP contribution is 2.44. The van der Waals surface area contributed by atoms with Crippen molar-refractivity contribution in [2.45, 2.75) is 25.0 Å². The van der Waals surface area contributed by atoms with E-state index in [2.05, 4.69) is 4.90 Å². The van der Waals surface area contributed by atoms with Gasteiger partial charge in [0.1, 0.15) is 0 Å². The highest BCUT2D eigenvalue weighted by molar-refractivity contribution is 5.29. The minimum absolute atomic E-state index is 0.275. The number of rotatable bonds is 4. The Morgan fingerprint density at radius 1 is 1.44 bits per heavy atom. The van der Waals surface area contributed by atoms with Crippen molar-refractivity contribution in [1.82, 2.24) is 4.90 Å². The highest BCUT2D eigenvalue weighted by Gasteiger charge is 2.51. The van der Waals surface area contributed by atoms with Gasteiger partial charge < -0.3 is 9.84 Å². The molecule has 0 spiro atoms. The summed E-state index contributed by atoms with van der Waals surface area (Å²) in [6.07, 6.45) is 2.31. The number of aliphatic hydroxyl groups is 1. The average molecular weight is 251 g/mol. The second kappa shape index (κ2) is 4.21. The van der Waals surface area contributed by atoms with Gasteiger partial charge in [0.05, 0.1) is 12.7 Å². The van der Waals surface area contributed by atoms with Crippen molar-refractivity contribution in [3.05, 3.63) is 29.6 Å². The fourth-order valence-electron chi connectivity index (χ4n) is 2.79. The van der Waals surface area contributed by atoms with Crippen molar-refractivity contribution >= 4 is 0 Å². The summed E-state index contributed by atoms with van der Waals surface area (Å²) in [5, 5.41) is 10.2. The van der Waals surface area contributed by atoms with Gasteiger partial charge in [0.25, 0.3) is 0 Å². The molecule has 0 bridgehead atoms. The molecule has 18 heavy (non-hydrogen) atoms. The Balaban J connectivity index is 1.59. The molecule has 1 heterocycles. The summed E-state index contributed by atoms with van der Waals surface area (Å²) in [7, 11) is 1.46. The van der Waals surface area contributed by atoms with Gasteiger partial charge >= 0.3 is 0 Å². The highest BCUT2D eigenvalue weighted by atomic mass is 19.1. The third kappa shape index (κ3) is 2.10. The molecule has 1 saturated heterocycles. The first-order valence-corrected chi connectivity index (χ1v) is 6.38. The monoisotopic (exact) mass is 251 g/mol. The van der Waals surface area contributed by atoms with Crippen LogP contribution in [0.15, 0.2) is 18.2 Å². The summed E-state index contributed by atoms with van der Waals surface area (Å²) in [5.74, 6) is 0.450. The molecular formula is C14H18FNO2. The number of ether oxygens (including phenoxy) is 1. The van der Waals surface area contributed by atoms with Crippen LogP contribution in [0, 0.1) is 11.7 Å². The van der Waals surface area contributed by atoms with E-state index in [1.54, 1.807) is 6.07 Å². The van der Waals surface area contributed by atoms with Crippen molar-refractivity contribution in [2.75, 3.05) is 20.2 Å².